The lowest BCUT2D eigenvalue weighted by molar-refractivity contribution is 0.640. The van der Waals surface area contributed by atoms with E-state index in [2.05, 4.69) is 36.9 Å². The highest BCUT2D eigenvalue weighted by Crippen LogP contribution is 2.16. The number of hydrogen-bond acceptors (Lipinski definition) is 5. The zero-order chi connectivity index (χ0) is 12.2. The molecule has 1 fully saturated rings. The van der Waals surface area contributed by atoms with E-state index < -0.39 is 0 Å². The van der Waals surface area contributed by atoms with Crippen molar-refractivity contribution < 1.29 is 0 Å². The summed E-state index contributed by atoms with van der Waals surface area (Å²) in [6.07, 6.45) is 7.25. The molecule has 1 aliphatic heterocycles. The fourth-order valence-electron chi connectivity index (χ4n) is 2.17. The number of aromatic nitrogens is 3. The largest absolute Gasteiger partial charge is 0.368 e. The molecule has 18 heavy (non-hydrogen) atoms. The van der Waals surface area contributed by atoms with E-state index in [-0.39, 0.29) is 0 Å². The SMILES string of the molecule is c1cnc(N2CCN(c3ccncc3)CC2)nc1. The topological polar surface area (TPSA) is 45.2 Å². The monoisotopic (exact) mass is 241 g/mol. The summed E-state index contributed by atoms with van der Waals surface area (Å²) < 4.78 is 0. The first-order valence-corrected chi connectivity index (χ1v) is 6.10. The molecule has 0 bridgehead atoms. The summed E-state index contributed by atoms with van der Waals surface area (Å²) in [4.78, 5) is 17.2. The van der Waals surface area contributed by atoms with E-state index in [0.717, 1.165) is 32.1 Å². The molecule has 0 saturated carbocycles. The first-order valence-electron chi connectivity index (χ1n) is 6.10. The quantitative estimate of drug-likeness (QED) is 0.790. The number of pyridine rings is 1. The van der Waals surface area contributed by atoms with Crippen molar-refractivity contribution in [2.45, 2.75) is 0 Å². The predicted molar refractivity (Wildman–Crippen MR) is 70.7 cm³/mol. The Morgan fingerprint density at radius 1 is 0.778 bits per heavy atom. The van der Waals surface area contributed by atoms with E-state index in [1.54, 1.807) is 12.4 Å². The van der Waals surface area contributed by atoms with Crippen LogP contribution >= 0.6 is 0 Å². The number of hydrogen-bond donors (Lipinski definition) is 0. The van der Waals surface area contributed by atoms with Gasteiger partial charge in [0.25, 0.3) is 0 Å². The molecule has 2 aromatic rings. The van der Waals surface area contributed by atoms with Gasteiger partial charge in [0.1, 0.15) is 0 Å². The summed E-state index contributed by atoms with van der Waals surface area (Å²) in [5, 5.41) is 0. The normalized spacial score (nSPS) is 15.8. The molecule has 1 saturated heterocycles. The molecule has 0 unspecified atom stereocenters. The molecular formula is C13H15N5. The van der Waals surface area contributed by atoms with Crippen molar-refractivity contribution >= 4 is 11.6 Å². The van der Waals surface area contributed by atoms with Crippen LogP contribution in [0.5, 0.6) is 0 Å². The molecule has 1 aliphatic rings. The van der Waals surface area contributed by atoms with Gasteiger partial charge in [-0.15, -0.1) is 0 Å². The Labute approximate surface area is 106 Å². The highest BCUT2D eigenvalue weighted by atomic mass is 15.3. The third kappa shape index (κ3) is 2.25. The second kappa shape index (κ2) is 5.00. The predicted octanol–water partition coefficient (Wildman–Crippen LogP) is 1.20. The number of rotatable bonds is 2. The van der Waals surface area contributed by atoms with Gasteiger partial charge in [0.15, 0.2) is 0 Å². The first kappa shape index (κ1) is 11.0. The molecular weight excluding hydrogens is 226 g/mol. The van der Waals surface area contributed by atoms with Gasteiger partial charge in [-0.1, -0.05) is 0 Å². The minimum absolute atomic E-state index is 0.826. The van der Waals surface area contributed by atoms with Crippen LogP contribution in [0.4, 0.5) is 11.6 Å². The van der Waals surface area contributed by atoms with Gasteiger partial charge in [-0.2, -0.15) is 0 Å². The number of nitrogens with zero attached hydrogens (tertiary/aromatic N) is 5. The van der Waals surface area contributed by atoms with Crippen LogP contribution in [-0.4, -0.2) is 41.1 Å². The van der Waals surface area contributed by atoms with Gasteiger partial charge in [-0.25, -0.2) is 9.97 Å². The van der Waals surface area contributed by atoms with Crippen LogP contribution in [0, 0.1) is 0 Å². The lowest BCUT2D eigenvalue weighted by Gasteiger charge is -2.35. The molecule has 92 valence electrons. The molecule has 5 nitrogen and oxygen atoms in total. The van der Waals surface area contributed by atoms with Gasteiger partial charge < -0.3 is 9.80 Å². The van der Waals surface area contributed by atoms with Crippen molar-refractivity contribution in [3.05, 3.63) is 43.0 Å². The number of anilines is 2. The van der Waals surface area contributed by atoms with Gasteiger partial charge in [0.2, 0.25) is 5.95 Å². The summed E-state index contributed by atoms with van der Waals surface area (Å²) in [5.41, 5.74) is 1.23. The summed E-state index contributed by atoms with van der Waals surface area (Å²) in [7, 11) is 0. The highest BCUT2D eigenvalue weighted by Gasteiger charge is 2.18. The van der Waals surface area contributed by atoms with Crippen molar-refractivity contribution in [3.8, 4) is 0 Å². The zero-order valence-electron chi connectivity index (χ0n) is 10.1. The highest BCUT2D eigenvalue weighted by molar-refractivity contribution is 5.46. The molecule has 5 heteroatoms. The molecule has 0 radical (unpaired) electrons. The Morgan fingerprint density at radius 2 is 1.39 bits per heavy atom. The van der Waals surface area contributed by atoms with Crippen molar-refractivity contribution in [2.24, 2.45) is 0 Å². The molecule has 0 amide bonds. The fourth-order valence-corrected chi connectivity index (χ4v) is 2.17. The van der Waals surface area contributed by atoms with Crippen molar-refractivity contribution in [1.29, 1.82) is 0 Å². The van der Waals surface area contributed by atoms with Gasteiger partial charge in [-0.3, -0.25) is 4.98 Å². The standard InChI is InChI=1S/C13H15N5/c1-4-15-13(16-5-1)18-10-8-17(9-11-18)12-2-6-14-7-3-12/h1-7H,8-11H2. The summed E-state index contributed by atoms with van der Waals surface area (Å²) >= 11 is 0. The Morgan fingerprint density at radius 3 is 2.06 bits per heavy atom. The molecule has 3 rings (SSSR count). The second-order valence-electron chi connectivity index (χ2n) is 4.23. The Bertz CT molecular complexity index is 432. The first-order chi connectivity index (χ1) is 8.93. The maximum absolute atomic E-state index is 4.29. The summed E-state index contributed by atoms with van der Waals surface area (Å²) in [6, 6.07) is 5.94. The Balaban J connectivity index is 1.65. The molecule has 0 spiro atoms. The van der Waals surface area contributed by atoms with Crippen molar-refractivity contribution in [1.82, 2.24) is 15.0 Å². The lowest BCUT2D eigenvalue weighted by Crippen LogP contribution is -2.47. The zero-order valence-corrected chi connectivity index (χ0v) is 10.1. The second-order valence-corrected chi connectivity index (χ2v) is 4.23. The average molecular weight is 241 g/mol. The third-order valence-corrected chi connectivity index (χ3v) is 3.14. The van der Waals surface area contributed by atoms with Crippen LogP contribution in [0.15, 0.2) is 43.0 Å². The van der Waals surface area contributed by atoms with E-state index >= 15 is 0 Å². The van der Waals surface area contributed by atoms with Crippen LogP contribution in [-0.2, 0) is 0 Å². The minimum Gasteiger partial charge on any atom is -0.368 e. The molecule has 0 aromatic carbocycles. The smallest absolute Gasteiger partial charge is 0.225 e. The minimum atomic E-state index is 0.826. The van der Waals surface area contributed by atoms with Crippen molar-refractivity contribution in [3.63, 3.8) is 0 Å². The van der Waals surface area contributed by atoms with E-state index in [9.17, 15) is 0 Å². The van der Waals surface area contributed by atoms with Gasteiger partial charge in [0.05, 0.1) is 0 Å². The maximum Gasteiger partial charge on any atom is 0.225 e. The summed E-state index contributed by atoms with van der Waals surface area (Å²) in [5.74, 6) is 0.826. The molecule has 0 atom stereocenters. The lowest BCUT2D eigenvalue weighted by atomic mass is 10.3. The molecule has 3 heterocycles. The third-order valence-electron chi connectivity index (χ3n) is 3.14. The van der Waals surface area contributed by atoms with Crippen LogP contribution in [0.2, 0.25) is 0 Å². The van der Waals surface area contributed by atoms with Crippen LogP contribution in [0.25, 0.3) is 0 Å². The van der Waals surface area contributed by atoms with Gasteiger partial charge >= 0.3 is 0 Å². The van der Waals surface area contributed by atoms with E-state index in [0.29, 0.717) is 0 Å². The number of piperazine rings is 1. The molecule has 2 aromatic heterocycles. The fraction of sp³-hybridized carbons (Fsp3) is 0.308. The van der Waals surface area contributed by atoms with Gasteiger partial charge in [-0.05, 0) is 18.2 Å². The van der Waals surface area contributed by atoms with Crippen molar-refractivity contribution in [2.75, 3.05) is 36.0 Å². The van der Waals surface area contributed by atoms with Crippen LogP contribution in [0.1, 0.15) is 0 Å². The summed E-state index contributed by atoms with van der Waals surface area (Å²) in [6.45, 7) is 3.88. The molecule has 0 N–H and O–H groups in total. The molecule has 0 aliphatic carbocycles. The van der Waals surface area contributed by atoms with Gasteiger partial charge in [0, 0.05) is 56.7 Å². The van der Waals surface area contributed by atoms with Crippen LogP contribution in [0.3, 0.4) is 0 Å². The van der Waals surface area contributed by atoms with E-state index in [1.807, 2.05) is 18.5 Å². The van der Waals surface area contributed by atoms with E-state index in [1.165, 1.54) is 5.69 Å². The van der Waals surface area contributed by atoms with E-state index in [4.69, 9.17) is 0 Å². The maximum atomic E-state index is 4.29. The Hall–Kier alpha value is -2.17. The average Bonchev–Trinajstić information content (AvgIpc) is 2.49. The Kier molecular flexibility index (Phi) is 3.04. The van der Waals surface area contributed by atoms with Crippen LogP contribution < -0.4 is 9.80 Å².